The topological polar surface area (TPSA) is 96.5 Å². The standard InChI is InChI=1S/C14H16FN3O4/c1-22-14(21)12-8(15)4-2-5-9(12)17-18-13(20)10-6-3-7-11(19)16-10/h2,4-5,10,17H,3,6-7H2,1H3,(H,16,19)(H,18,20). The van der Waals surface area contributed by atoms with Gasteiger partial charge in [0.2, 0.25) is 5.91 Å². The third kappa shape index (κ3) is 3.51. The molecule has 0 saturated carbocycles. The van der Waals surface area contributed by atoms with E-state index in [2.05, 4.69) is 20.9 Å². The number of ether oxygens (including phenoxy) is 1. The highest BCUT2D eigenvalue weighted by Crippen LogP contribution is 2.19. The van der Waals surface area contributed by atoms with Gasteiger partial charge in [0.15, 0.2) is 0 Å². The molecule has 1 atom stereocenters. The van der Waals surface area contributed by atoms with Crippen LogP contribution in [-0.4, -0.2) is 30.9 Å². The second kappa shape index (κ2) is 6.88. The molecule has 2 amide bonds. The first-order valence-electron chi connectivity index (χ1n) is 6.75. The minimum atomic E-state index is -0.860. The third-order valence-corrected chi connectivity index (χ3v) is 3.27. The molecule has 2 rings (SSSR count). The second-order valence-corrected chi connectivity index (χ2v) is 4.78. The average molecular weight is 309 g/mol. The summed E-state index contributed by atoms with van der Waals surface area (Å²) >= 11 is 0. The minimum Gasteiger partial charge on any atom is -0.465 e. The number of hydrazine groups is 1. The maximum atomic E-state index is 13.7. The molecule has 0 radical (unpaired) electrons. The van der Waals surface area contributed by atoms with Crippen LogP contribution in [0, 0.1) is 5.82 Å². The lowest BCUT2D eigenvalue weighted by molar-refractivity contribution is -0.130. The number of rotatable bonds is 4. The van der Waals surface area contributed by atoms with E-state index in [0.717, 1.165) is 13.2 Å². The zero-order valence-corrected chi connectivity index (χ0v) is 11.9. The molecule has 8 heteroatoms. The van der Waals surface area contributed by atoms with Crippen LogP contribution in [0.15, 0.2) is 18.2 Å². The van der Waals surface area contributed by atoms with E-state index in [9.17, 15) is 18.8 Å². The summed E-state index contributed by atoms with van der Waals surface area (Å²) in [5.74, 6) is -2.28. The number of anilines is 1. The Hall–Kier alpha value is -2.64. The van der Waals surface area contributed by atoms with E-state index in [1.54, 1.807) is 0 Å². The number of hydrogen-bond acceptors (Lipinski definition) is 5. The van der Waals surface area contributed by atoms with Gasteiger partial charge in [-0.25, -0.2) is 9.18 Å². The van der Waals surface area contributed by atoms with Crippen molar-refractivity contribution < 1.29 is 23.5 Å². The van der Waals surface area contributed by atoms with E-state index in [4.69, 9.17) is 0 Å². The molecule has 0 spiro atoms. The Morgan fingerprint density at radius 2 is 2.18 bits per heavy atom. The number of hydrogen-bond donors (Lipinski definition) is 3. The van der Waals surface area contributed by atoms with Gasteiger partial charge in [-0.2, -0.15) is 0 Å². The summed E-state index contributed by atoms with van der Waals surface area (Å²) in [5.41, 5.74) is 4.61. The predicted molar refractivity (Wildman–Crippen MR) is 75.3 cm³/mol. The van der Waals surface area contributed by atoms with Crippen LogP contribution in [-0.2, 0) is 14.3 Å². The zero-order valence-electron chi connectivity index (χ0n) is 11.9. The van der Waals surface area contributed by atoms with Crippen LogP contribution in [0.5, 0.6) is 0 Å². The number of carbonyl (C=O) groups excluding carboxylic acids is 3. The number of piperidine rings is 1. The van der Waals surface area contributed by atoms with Crippen LogP contribution in [0.25, 0.3) is 0 Å². The number of methoxy groups -OCH3 is 1. The fourth-order valence-corrected chi connectivity index (χ4v) is 2.16. The molecule has 3 N–H and O–H groups in total. The van der Waals surface area contributed by atoms with E-state index in [1.165, 1.54) is 12.1 Å². The molecule has 1 fully saturated rings. The maximum absolute atomic E-state index is 13.7. The Morgan fingerprint density at radius 1 is 1.41 bits per heavy atom. The van der Waals surface area contributed by atoms with Crippen molar-refractivity contribution in [2.45, 2.75) is 25.3 Å². The SMILES string of the molecule is COC(=O)c1c(F)cccc1NNC(=O)C1CCCC(=O)N1. The number of esters is 1. The van der Waals surface area contributed by atoms with Crippen molar-refractivity contribution in [3.8, 4) is 0 Å². The number of amides is 2. The van der Waals surface area contributed by atoms with Crippen LogP contribution < -0.4 is 16.2 Å². The lowest BCUT2D eigenvalue weighted by Gasteiger charge is -2.23. The van der Waals surface area contributed by atoms with Gasteiger partial charge in [-0.15, -0.1) is 0 Å². The summed E-state index contributed by atoms with van der Waals surface area (Å²) < 4.78 is 18.2. The smallest absolute Gasteiger partial charge is 0.343 e. The summed E-state index contributed by atoms with van der Waals surface area (Å²) in [6, 6.07) is 3.28. The van der Waals surface area contributed by atoms with Gasteiger partial charge < -0.3 is 10.1 Å². The first kappa shape index (κ1) is 15.7. The Balaban J connectivity index is 2.05. The molecule has 0 aliphatic carbocycles. The fraction of sp³-hybridized carbons (Fsp3) is 0.357. The molecule has 7 nitrogen and oxygen atoms in total. The minimum absolute atomic E-state index is 0.0716. The molecule has 1 unspecified atom stereocenters. The molecule has 0 aromatic heterocycles. The summed E-state index contributed by atoms with van der Waals surface area (Å²) in [6.45, 7) is 0. The van der Waals surface area contributed by atoms with Gasteiger partial charge in [-0.1, -0.05) is 6.07 Å². The Bertz CT molecular complexity index is 606. The van der Waals surface area contributed by atoms with Gasteiger partial charge in [0.25, 0.3) is 5.91 Å². The summed E-state index contributed by atoms with van der Waals surface area (Å²) in [6.07, 6.45) is 1.54. The van der Waals surface area contributed by atoms with Crippen LogP contribution >= 0.6 is 0 Å². The first-order valence-corrected chi connectivity index (χ1v) is 6.75. The number of benzene rings is 1. The summed E-state index contributed by atoms with van der Waals surface area (Å²) in [4.78, 5) is 34.8. The lowest BCUT2D eigenvalue weighted by Crippen LogP contribution is -2.50. The van der Waals surface area contributed by atoms with Crippen molar-refractivity contribution >= 4 is 23.5 Å². The second-order valence-electron chi connectivity index (χ2n) is 4.78. The molecule has 118 valence electrons. The number of carbonyl (C=O) groups is 3. The Labute approximate surface area is 126 Å². The molecule has 0 bridgehead atoms. The van der Waals surface area contributed by atoms with Crippen LogP contribution in [0.3, 0.4) is 0 Å². The molecule has 1 aromatic rings. The van der Waals surface area contributed by atoms with Gasteiger partial charge in [0.1, 0.15) is 17.4 Å². The van der Waals surface area contributed by atoms with E-state index < -0.39 is 23.7 Å². The van der Waals surface area contributed by atoms with Crippen LogP contribution in [0.4, 0.5) is 10.1 Å². The van der Waals surface area contributed by atoms with Crippen molar-refractivity contribution in [3.05, 3.63) is 29.6 Å². The largest absolute Gasteiger partial charge is 0.465 e. The highest BCUT2D eigenvalue weighted by molar-refractivity contribution is 5.96. The fourth-order valence-electron chi connectivity index (χ4n) is 2.16. The lowest BCUT2D eigenvalue weighted by atomic mass is 10.0. The molecule has 1 saturated heterocycles. The van der Waals surface area contributed by atoms with Crippen molar-refractivity contribution in [3.63, 3.8) is 0 Å². The van der Waals surface area contributed by atoms with Gasteiger partial charge >= 0.3 is 5.97 Å². The van der Waals surface area contributed by atoms with Gasteiger partial charge in [-0.3, -0.25) is 20.4 Å². The summed E-state index contributed by atoms with van der Waals surface area (Å²) in [7, 11) is 1.13. The maximum Gasteiger partial charge on any atom is 0.343 e. The van der Waals surface area contributed by atoms with Crippen molar-refractivity contribution in [2.75, 3.05) is 12.5 Å². The van der Waals surface area contributed by atoms with Gasteiger partial charge in [-0.05, 0) is 25.0 Å². The predicted octanol–water partition coefficient (Wildman–Crippen LogP) is 0.724. The highest BCUT2D eigenvalue weighted by Gasteiger charge is 2.25. The molecule has 1 aromatic carbocycles. The molecule has 1 aliphatic heterocycles. The van der Waals surface area contributed by atoms with Crippen molar-refractivity contribution in [2.24, 2.45) is 0 Å². The third-order valence-electron chi connectivity index (χ3n) is 3.27. The van der Waals surface area contributed by atoms with Gasteiger partial charge in [0.05, 0.1) is 12.8 Å². The molecule has 1 heterocycles. The number of nitrogens with one attached hydrogen (secondary N) is 3. The zero-order chi connectivity index (χ0) is 16.1. The van der Waals surface area contributed by atoms with E-state index in [-0.39, 0.29) is 17.2 Å². The van der Waals surface area contributed by atoms with Gasteiger partial charge in [0, 0.05) is 6.42 Å². The average Bonchev–Trinajstić information content (AvgIpc) is 2.52. The first-order chi connectivity index (χ1) is 10.5. The molecular weight excluding hydrogens is 293 g/mol. The van der Waals surface area contributed by atoms with Crippen molar-refractivity contribution in [1.82, 2.24) is 10.7 Å². The van der Waals surface area contributed by atoms with E-state index in [1.807, 2.05) is 0 Å². The Kier molecular flexibility index (Phi) is 4.92. The van der Waals surface area contributed by atoms with E-state index >= 15 is 0 Å². The van der Waals surface area contributed by atoms with Crippen LogP contribution in [0.2, 0.25) is 0 Å². The van der Waals surface area contributed by atoms with Crippen LogP contribution in [0.1, 0.15) is 29.6 Å². The summed E-state index contributed by atoms with van der Waals surface area (Å²) in [5, 5.41) is 2.56. The Morgan fingerprint density at radius 3 is 2.86 bits per heavy atom. The monoisotopic (exact) mass is 309 g/mol. The molecular formula is C14H16FN3O4. The van der Waals surface area contributed by atoms with Crippen molar-refractivity contribution in [1.29, 1.82) is 0 Å². The highest BCUT2D eigenvalue weighted by atomic mass is 19.1. The molecule has 22 heavy (non-hydrogen) atoms. The molecule has 1 aliphatic rings. The normalized spacial score (nSPS) is 17.4. The number of halogens is 1. The van der Waals surface area contributed by atoms with E-state index in [0.29, 0.717) is 19.3 Å². The quantitative estimate of drug-likeness (QED) is 0.563.